The van der Waals surface area contributed by atoms with Crippen molar-refractivity contribution in [3.8, 4) is 11.1 Å². The van der Waals surface area contributed by atoms with Crippen LogP contribution in [-0.2, 0) is 0 Å². The molecule has 1 saturated heterocycles. The van der Waals surface area contributed by atoms with Crippen molar-refractivity contribution in [3.05, 3.63) is 66.7 Å². The van der Waals surface area contributed by atoms with Gasteiger partial charge in [0.05, 0.1) is 0 Å². The standard InChI is InChI=1S/C20H19N/c1-2-8-16(9-3-1)20-15-18(21-12-6-7-13-21)14-17-10-4-5-11-19(17)20/h1-5,8-11,14-15H,6-7,12-13H2. The zero-order valence-corrected chi connectivity index (χ0v) is 12.1. The summed E-state index contributed by atoms with van der Waals surface area (Å²) in [5.74, 6) is 0. The highest BCUT2D eigenvalue weighted by atomic mass is 15.1. The quantitative estimate of drug-likeness (QED) is 0.627. The Morgan fingerprint density at radius 1 is 0.714 bits per heavy atom. The molecule has 0 atom stereocenters. The summed E-state index contributed by atoms with van der Waals surface area (Å²) >= 11 is 0. The second-order valence-electron chi connectivity index (χ2n) is 5.77. The maximum absolute atomic E-state index is 2.51. The van der Waals surface area contributed by atoms with Gasteiger partial charge >= 0.3 is 0 Å². The molecular weight excluding hydrogens is 254 g/mol. The summed E-state index contributed by atoms with van der Waals surface area (Å²) in [4.78, 5) is 2.51. The molecule has 1 heterocycles. The van der Waals surface area contributed by atoms with Crippen LogP contribution in [0.4, 0.5) is 5.69 Å². The number of nitrogens with zero attached hydrogens (tertiary/aromatic N) is 1. The van der Waals surface area contributed by atoms with Gasteiger partial charge in [0.2, 0.25) is 0 Å². The Morgan fingerprint density at radius 2 is 1.43 bits per heavy atom. The largest absolute Gasteiger partial charge is 0.371 e. The van der Waals surface area contributed by atoms with Crippen molar-refractivity contribution in [2.24, 2.45) is 0 Å². The van der Waals surface area contributed by atoms with E-state index in [0.29, 0.717) is 0 Å². The lowest BCUT2D eigenvalue weighted by molar-refractivity contribution is 0.949. The first kappa shape index (κ1) is 12.5. The zero-order chi connectivity index (χ0) is 14.1. The monoisotopic (exact) mass is 273 g/mol. The van der Waals surface area contributed by atoms with Gasteiger partial charge in [-0.15, -0.1) is 0 Å². The van der Waals surface area contributed by atoms with E-state index in [-0.39, 0.29) is 0 Å². The fourth-order valence-corrected chi connectivity index (χ4v) is 3.31. The summed E-state index contributed by atoms with van der Waals surface area (Å²) in [6.07, 6.45) is 2.63. The van der Waals surface area contributed by atoms with Gasteiger partial charge < -0.3 is 4.90 Å². The Balaban J connectivity index is 1.94. The Bertz CT molecular complexity index is 755. The van der Waals surface area contributed by atoms with E-state index in [1.165, 1.54) is 53.5 Å². The summed E-state index contributed by atoms with van der Waals surface area (Å²) in [5, 5.41) is 2.67. The zero-order valence-electron chi connectivity index (χ0n) is 12.1. The van der Waals surface area contributed by atoms with Gasteiger partial charge in [-0.05, 0) is 46.9 Å². The van der Waals surface area contributed by atoms with Crippen molar-refractivity contribution >= 4 is 16.5 Å². The van der Waals surface area contributed by atoms with Crippen molar-refractivity contribution in [3.63, 3.8) is 0 Å². The highest BCUT2D eigenvalue weighted by Crippen LogP contribution is 2.34. The van der Waals surface area contributed by atoms with Crippen LogP contribution in [-0.4, -0.2) is 13.1 Å². The van der Waals surface area contributed by atoms with E-state index >= 15 is 0 Å². The van der Waals surface area contributed by atoms with E-state index < -0.39 is 0 Å². The highest BCUT2D eigenvalue weighted by molar-refractivity contribution is 5.99. The van der Waals surface area contributed by atoms with E-state index in [1.807, 2.05) is 0 Å². The molecule has 104 valence electrons. The molecule has 0 aliphatic carbocycles. The summed E-state index contributed by atoms with van der Waals surface area (Å²) in [6.45, 7) is 2.37. The fourth-order valence-electron chi connectivity index (χ4n) is 3.31. The van der Waals surface area contributed by atoms with Crippen LogP contribution in [0.3, 0.4) is 0 Å². The minimum atomic E-state index is 1.19. The summed E-state index contributed by atoms with van der Waals surface area (Å²) in [6, 6.07) is 24.1. The van der Waals surface area contributed by atoms with Crippen LogP contribution in [0, 0.1) is 0 Å². The van der Waals surface area contributed by atoms with E-state index in [2.05, 4.69) is 71.6 Å². The number of benzene rings is 3. The molecule has 1 heteroatoms. The van der Waals surface area contributed by atoms with Gasteiger partial charge in [0, 0.05) is 18.8 Å². The Hall–Kier alpha value is -2.28. The number of hydrogen-bond acceptors (Lipinski definition) is 1. The Labute approximate surface area is 125 Å². The summed E-state index contributed by atoms with van der Waals surface area (Å²) < 4.78 is 0. The lowest BCUT2D eigenvalue weighted by Crippen LogP contribution is -2.17. The highest BCUT2D eigenvalue weighted by Gasteiger charge is 2.14. The fraction of sp³-hybridized carbons (Fsp3) is 0.200. The molecule has 0 saturated carbocycles. The third kappa shape index (κ3) is 2.29. The second-order valence-corrected chi connectivity index (χ2v) is 5.77. The molecule has 1 aliphatic rings. The molecule has 1 nitrogen and oxygen atoms in total. The first-order valence-electron chi connectivity index (χ1n) is 7.75. The molecule has 0 aromatic heterocycles. The predicted octanol–water partition coefficient (Wildman–Crippen LogP) is 5.11. The topological polar surface area (TPSA) is 3.24 Å². The van der Waals surface area contributed by atoms with E-state index in [9.17, 15) is 0 Å². The van der Waals surface area contributed by atoms with Crippen LogP contribution in [0.25, 0.3) is 21.9 Å². The summed E-state index contributed by atoms with van der Waals surface area (Å²) in [5.41, 5.74) is 4.01. The minimum absolute atomic E-state index is 1.19. The number of anilines is 1. The van der Waals surface area contributed by atoms with Crippen LogP contribution >= 0.6 is 0 Å². The molecule has 21 heavy (non-hydrogen) atoms. The number of rotatable bonds is 2. The molecule has 0 spiro atoms. The molecular formula is C20H19N. The first-order valence-corrected chi connectivity index (χ1v) is 7.75. The Kier molecular flexibility index (Phi) is 3.11. The number of fused-ring (bicyclic) bond motifs is 1. The van der Waals surface area contributed by atoms with Crippen molar-refractivity contribution in [2.45, 2.75) is 12.8 Å². The van der Waals surface area contributed by atoms with E-state index in [1.54, 1.807) is 0 Å². The minimum Gasteiger partial charge on any atom is -0.371 e. The van der Waals surface area contributed by atoms with Gasteiger partial charge in [-0.1, -0.05) is 54.6 Å². The molecule has 3 aromatic rings. The molecule has 0 radical (unpaired) electrons. The molecule has 4 rings (SSSR count). The summed E-state index contributed by atoms with van der Waals surface area (Å²) in [7, 11) is 0. The first-order chi connectivity index (χ1) is 10.4. The van der Waals surface area contributed by atoms with Crippen molar-refractivity contribution in [2.75, 3.05) is 18.0 Å². The molecule has 0 amide bonds. The smallest absolute Gasteiger partial charge is 0.0378 e. The average molecular weight is 273 g/mol. The maximum Gasteiger partial charge on any atom is 0.0378 e. The van der Waals surface area contributed by atoms with Gasteiger partial charge in [-0.3, -0.25) is 0 Å². The van der Waals surface area contributed by atoms with Crippen LogP contribution in [0.1, 0.15) is 12.8 Å². The van der Waals surface area contributed by atoms with Crippen molar-refractivity contribution < 1.29 is 0 Å². The van der Waals surface area contributed by atoms with E-state index in [0.717, 1.165) is 0 Å². The van der Waals surface area contributed by atoms with Crippen LogP contribution in [0.15, 0.2) is 66.7 Å². The van der Waals surface area contributed by atoms with Gasteiger partial charge in [-0.2, -0.15) is 0 Å². The van der Waals surface area contributed by atoms with Gasteiger partial charge in [0.15, 0.2) is 0 Å². The maximum atomic E-state index is 2.51. The molecule has 0 N–H and O–H groups in total. The van der Waals surface area contributed by atoms with Crippen molar-refractivity contribution in [1.29, 1.82) is 0 Å². The average Bonchev–Trinajstić information content (AvgIpc) is 3.09. The van der Waals surface area contributed by atoms with Crippen molar-refractivity contribution in [1.82, 2.24) is 0 Å². The molecule has 0 unspecified atom stereocenters. The van der Waals surface area contributed by atoms with Gasteiger partial charge in [0.1, 0.15) is 0 Å². The molecule has 1 fully saturated rings. The van der Waals surface area contributed by atoms with Crippen LogP contribution in [0.5, 0.6) is 0 Å². The molecule has 3 aromatic carbocycles. The molecule has 1 aliphatic heterocycles. The predicted molar refractivity (Wildman–Crippen MR) is 90.8 cm³/mol. The lowest BCUT2D eigenvalue weighted by Gasteiger charge is -2.20. The van der Waals surface area contributed by atoms with Gasteiger partial charge in [0.25, 0.3) is 0 Å². The van der Waals surface area contributed by atoms with Gasteiger partial charge in [-0.25, -0.2) is 0 Å². The van der Waals surface area contributed by atoms with E-state index in [4.69, 9.17) is 0 Å². The normalized spacial score (nSPS) is 14.8. The second kappa shape index (κ2) is 5.25. The molecule has 0 bridgehead atoms. The SMILES string of the molecule is c1ccc(-c2cc(N3CCCC3)cc3ccccc23)cc1. The lowest BCUT2D eigenvalue weighted by atomic mass is 9.97. The van der Waals surface area contributed by atoms with Crippen LogP contribution in [0.2, 0.25) is 0 Å². The van der Waals surface area contributed by atoms with Crippen LogP contribution < -0.4 is 4.90 Å². The Morgan fingerprint density at radius 3 is 2.24 bits per heavy atom. The number of hydrogen-bond donors (Lipinski definition) is 0. The third-order valence-electron chi connectivity index (χ3n) is 4.40. The third-order valence-corrected chi connectivity index (χ3v) is 4.40.